The molecule has 2 aliphatic rings. The van der Waals surface area contributed by atoms with Gasteiger partial charge >= 0.3 is 0 Å². The third-order valence-electron chi connectivity index (χ3n) is 5.91. The molecule has 0 spiro atoms. The molecule has 1 saturated heterocycles. The van der Waals surface area contributed by atoms with Crippen LogP contribution in [0.3, 0.4) is 0 Å². The fraction of sp³-hybridized carbons (Fsp3) is 0.609. The molecule has 31 heavy (non-hydrogen) atoms. The lowest BCUT2D eigenvalue weighted by atomic mass is 10.1. The molecule has 8 nitrogen and oxygen atoms in total. The molecule has 3 amide bonds. The number of benzene rings is 1. The molecule has 8 heteroatoms. The van der Waals surface area contributed by atoms with Gasteiger partial charge in [-0.2, -0.15) is 0 Å². The third kappa shape index (κ3) is 7.95. The number of hydrogen-bond acceptors (Lipinski definition) is 5. The molecule has 1 aliphatic carbocycles. The van der Waals surface area contributed by atoms with E-state index in [1.165, 1.54) is 17.7 Å². The maximum Gasteiger partial charge on any atom is 0.242 e. The average Bonchev–Trinajstić information content (AvgIpc) is 3.47. The van der Waals surface area contributed by atoms with E-state index in [1.54, 1.807) is 4.90 Å². The van der Waals surface area contributed by atoms with Crippen LogP contribution in [0.1, 0.15) is 31.2 Å². The Kier molecular flexibility index (Phi) is 8.85. The van der Waals surface area contributed by atoms with Crippen LogP contribution in [0.5, 0.6) is 0 Å². The Morgan fingerprint density at radius 1 is 1.03 bits per heavy atom. The number of likely N-dealkylation sites (tertiary alicyclic amines) is 1. The molecule has 1 saturated carbocycles. The van der Waals surface area contributed by atoms with Crippen LogP contribution < -0.4 is 11.1 Å². The number of nitrogens with zero attached hydrogens (tertiary/aromatic N) is 3. The second-order valence-corrected chi connectivity index (χ2v) is 8.50. The summed E-state index contributed by atoms with van der Waals surface area (Å²) in [5.74, 6) is -0.833. The zero-order valence-corrected chi connectivity index (χ0v) is 18.3. The molecule has 170 valence electrons. The van der Waals surface area contributed by atoms with Gasteiger partial charge in [0.05, 0.1) is 13.1 Å². The minimum absolute atomic E-state index is 0.000620. The molecule has 0 atom stereocenters. The summed E-state index contributed by atoms with van der Waals surface area (Å²) in [5.41, 5.74) is 6.45. The van der Waals surface area contributed by atoms with Crippen molar-refractivity contribution in [3.05, 3.63) is 35.9 Å². The van der Waals surface area contributed by atoms with Crippen LogP contribution in [0.2, 0.25) is 0 Å². The summed E-state index contributed by atoms with van der Waals surface area (Å²) in [6.07, 6.45) is 4.99. The summed E-state index contributed by atoms with van der Waals surface area (Å²) >= 11 is 0. The van der Waals surface area contributed by atoms with E-state index in [2.05, 4.69) is 10.2 Å². The minimum atomic E-state index is -0.547. The van der Waals surface area contributed by atoms with Crippen LogP contribution in [0, 0.1) is 0 Å². The fourth-order valence-corrected chi connectivity index (χ4v) is 3.98. The Hall–Kier alpha value is -2.45. The first-order valence-corrected chi connectivity index (χ1v) is 11.4. The van der Waals surface area contributed by atoms with E-state index in [-0.39, 0.29) is 37.5 Å². The second-order valence-electron chi connectivity index (χ2n) is 8.50. The molecule has 0 aromatic heterocycles. The van der Waals surface area contributed by atoms with Crippen LogP contribution in [0.15, 0.2) is 30.3 Å². The summed E-state index contributed by atoms with van der Waals surface area (Å²) < 4.78 is 0. The topological polar surface area (TPSA) is 99.0 Å². The average molecular weight is 430 g/mol. The van der Waals surface area contributed by atoms with Crippen molar-refractivity contribution < 1.29 is 14.4 Å². The van der Waals surface area contributed by atoms with Crippen molar-refractivity contribution in [2.45, 2.75) is 38.1 Å². The van der Waals surface area contributed by atoms with E-state index in [0.717, 1.165) is 44.6 Å². The van der Waals surface area contributed by atoms with Crippen molar-refractivity contribution in [2.75, 3.05) is 52.4 Å². The highest BCUT2D eigenvalue weighted by molar-refractivity contribution is 5.88. The summed E-state index contributed by atoms with van der Waals surface area (Å²) in [7, 11) is 0. The van der Waals surface area contributed by atoms with Crippen molar-refractivity contribution in [3.8, 4) is 0 Å². The van der Waals surface area contributed by atoms with Crippen LogP contribution in [-0.2, 0) is 20.8 Å². The molecule has 0 unspecified atom stereocenters. The third-order valence-corrected chi connectivity index (χ3v) is 5.91. The maximum absolute atomic E-state index is 12.9. The van der Waals surface area contributed by atoms with Gasteiger partial charge in [-0.25, -0.2) is 0 Å². The number of nitrogens with two attached hydrogens (primary N) is 1. The highest BCUT2D eigenvalue weighted by atomic mass is 16.2. The maximum atomic E-state index is 12.9. The van der Waals surface area contributed by atoms with Crippen LogP contribution in [-0.4, -0.2) is 90.8 Å². The van der Waals surface area contributed by atoms with Gasteiger partial charge in [0, 0.05) is 25.7 Å². The van der Waals surface area contributed by atoms with Crippen molar-refractivity contribution in [2.24, 2.45) is 5.73 Å². The second kappa shape index (κ2) is 11.8. The first-order chi connectivity index (χ1) is 15.0. The molecule has 2 fully saturated rings. The van der Waals surface area contributed by atoms with Gasteiger partial charge in [0.2, 0.25) is 17.7 Å². The predicted molar refractivity (Wildman–Crippen MR) is 119 cm³/mol. The van der Waals surface area contributed by atoms with Gasteiger partial charge in [-0.3, -0.25) is 14.4 Å². The Balaban J connectivity index is 1.48. The summed E-state index contributed by atoms with van der Waals surface area (Å²) in [4.78, 5) is 42.8. The first kappa shape index (κ1) is 23.2. The summed E-state index contributed by atoms with van der Waals surface area (Å²) in [6, 6.07) is 9.93. The van der Waals surface area contributed by atoms with Crippen LogP contribution >= 0.6 is 0 Å². The fourth-order valence-electron chi connectivity index (χ4n) is 3.98. The normalized spacial score (nSPS) is 16.3. The molecule has 1 aromatic rings. The van der Waals surface area contributed by atoms with E-state index in [4.69, 9.17) is 5.73 Å². The lowest BCUT2D eigenvalue weighted by molar-refractivity contribution is -0.141. The zero-order chi connectivity index (χ0) is 22.1. The molecule has 1 aromatic carbocycles. The van der Waals surface area contributed by atoms with Crippen molar-refractivity contribution in [3.63, 3.8) is 0 Å². The summed E-state index contributed by atoms with van der Waals surface area (Å²) in [5, 5.41) is 3.22. The lowest BCUT2D eigenvalue weighted by Gasteiger charge is -2.27. The monoisotopic (exact) mass is 429 g/mol. The Morgan fingerprint density at radius 3 is 2.39 bits per heavy atom. The molecule has 1 aliphatic heterocycles. The quantitative estimate of drug-likeness (QED) is 0.437. The Labute approximate surface area is 184 Å². The van der Waals surface area contributed by atoms with Crippen LogP contribution in [0.4, 0.5) is 0 Å². The van der Waals surface area contributed by atoms with Gasteiger partial charge in [-0.05, 0) is 50.8 Å². The summed E-state index contributed by atoms with van der Waals surface area (Å²) in [6.45, 7) is 4.48. The number of carbonyl (C=O) groups is 3. The van der Waals surface area contributed by atoms with E-state index in [0.29, 0.717) is 13.0 Å². The standard InChI is InChI=1S/C23H35N5O3/c24-21(29)17-27(14-10-19-6-2-1-3-7-19)23(31)18-28(20-8-9-20)22(30)16-25-11-15-26-12-4-5-13-26/h1-3,6-7,20,25H,4-5,8-18H2,(H2,24,29). The Morgan fingerprint density at radius 2 is 1.74 bits per heavy atom. The molecule has 0 radical (unpaired) electrons. The number of rotatable bonds is 13. The number of nitrogens with one attached hydrogen (secondary N) is 1. The highest BCUT2D eigenvalue weighted by Gasteiger charge is 2.34. The first-order valence-electron chi connectivity index (χ1n) is 11.4. The van der Waals surface area contributed by atoms with Crippen LogP contribution in [0.25, 0.3) is 0 Å². The van der Waals surface area contributed by atoms with Crippen molar-refractivity contribution >= 4 is 17.7 Å². The van der Waals surface area contributed by atoms with Gasteiger partial charge < -0.3 is 25.8 Å². The van der Waals surface area contributed by atoms with Crippen molar-refractivity contribution in [1.29, 1.82) is 0 Å². The van der Waals surface area contributed by atoms with E-state index >= 15 is 0 Å². The smallest absolute Gasteiger partial charge is 0.242 e. The minimum Gasteiger partial charge on any atom is -0.368 e. The largest absolute Gasteiger partial charge is 0.368 e. The molecule has 3 rings (SSSR count). The molecule has 1 heterocycles. The van der Waals surface area contributed by atoms with Gasteiger partial charge in [-0.1, -0.05) is 30.3 Å². The van der Waals surface area contributed by atoms with Gasteiger partial charge in [-0.15, -0.1) is 0 Å². The molecule has 3 N–H and O–H groups in total. The molecular weight excluding hydrogens is 394 g/mol. The van der Waals surface area contributed by atoms with Crippen molar-refractivity contribution in [1.82, 2.24) is 20.0 Å². The number of carbonyl (C=O) groups excluding carboxylic acids is 3. The zero-order valence-electron chi connectivity index (χ0n) is 18.3. The van der Waals surface area contributed by atoms with E-state index in [9.17, 15) is 14.4 Å². The van der Waals surface area contributed by atoms with Gasteiger partial charge in [0.15, 0.2) is 0 Å². The lowest BCUT2D eigenvalue weighted by Crippen LogP contribution is -2.49. The van der Waals surface area contributed by atoms with E-state index < -0.39 is 5.91 Å². The number of primary amides is 1. The molecular formula is C23H35N5O3. The SMILES string of the molecule is NC(=O)CN(CCc1ccccc1)C(=O)CN(C(=O)CNCCN1CCCC1)C1CC1. The van der Waals surface area contributed by atoms with Gasteiger partial charge in [0.1, 0.15) is 6.54 Å². The highest BCUT2D eigenvalue weighted by Crippen LogP contribution is 2.26. The molecule has 0 bridgehead atoms. The Bertz CT molecular complexity index is 732. The number of hydrogen-bond donors (Lipinski definition) is 2. The predicted octanol–water partition coefficient (Wildman–Crippen LogP) is 0.219. The van der Waals surface area contributed by atoms with E-state index in [1.807, 2.05) is 30.3 Å². The van der Waals surface area contributed by atoms with Gasteiger partial charge in [0.25, 0.3) is 0 Å². The number of amides is 3.